The first-order valence-electron chi connectivity index (χ1n) is 7.57. The van der Waals surface area contributed by atoms with Crippen molar-refractivity contribution in [1.82, 2.24) is 20.8 Å². The van der Waals surface area contributed by atoms with E-state index in [4.69, 9.17) is 11.6 Å². The lowest BCUT2D eigenvalue weighted by Crippen LogP contribution is -2.41. The standard InChI is InChI=1S/C18H13ClN4O2/c19-12-5-6-14-11(7-12)9-16(21-14)18(25)23-22-17(24)15-8-10-3-1-2-4-13(10)20-15/h1-9,20-21H,(H,22,24)(H,23,25). The zero-order valence-electron chi connectivity index (χ0n) is 12.9. The number of H-pyrrole nitrogens is 2. The van der Waals surface area contributed by atoms with Crippen LogP contribution >= 0.6 is 11.6 Å². The Labute approximate surface area is 147 Å². The average molecular weight is 353 g/mol. The Hall–Kier alpha value is -3.25. The summed E-state index contributed by atoms with van der Waals surface area (Å²) in [5, 5.41) is 2.33. The summed E-state index contributed by atoms with van der Waals surface area (Å²) in [6.45, 7) is 0. The van der Waals surface area contributed by atoms with Crippen LogP contribution in [0.3, 0.4) is 0 Å². The van der Waals surface area contributed by atoms with E-state index in [2.05, 4.69) is 20.8 Å². The molecule has 0 unspecified atom stereocenters. The Balaban J connectivity index is 1.47. The number of benzene rings is 2. The normalized spacial score (nSPS) is 10.9. The fourth-order valence-electron chi connectivity index (χ4n) is 2.67. The predicted molar refractivity (Wildman–Crippen MR) is 96.5 cm³/mol. The van der Waals surface area contributed by atoms with Crippen LogP contribution < -0.4 is 10.9 Å². The molecule has 2 aromatic heterocycles. The number of halogens is 1. The van der Waals surface area contributed by atoms with Gasteiger partial charge in [0.1, 0.15) is 11.4 Å². The summed E-state index contributed by atoms with van der Waals surface area (Å²) in [7, 11) is 0. The molecule has 0 radical (unpaired) electrons. The molecule has 25 heavy (non-hydrogen) atoms. The number of aromatic nitrogens is 2. The molecule has 0 saturated carbocycles. The minimum absolute atomic E-state index is 0.328. The number of aromatic amines is 2. The van der Waals surface area contributed by atoms with E-state index < -0.39 is 11.8 Å². The molecule has 0 aliphatic carbocycles. The zero-order valence-corrected chi connectivity index (χ0v) is 13.6. The zero-order chi connectivity index (χ0) is 17.4. The minimum Gasteiger partial charge on any atom is -0.350 e. The number of hydrogen-bond donors (Lipinski definition) is 4. The van der Waals surface area contributed by atoms with Gasteiger partial charge < -0.3 is 9.97 Å². The molecule has 2 amide bonds. The van der Waals surface area contributed by atoms with Crippen LogP contribution in [0, 0.1) is 0 Å². The number of rotatable bonds is 2. The van der Waals surface area contributed by atoms with Crippen LogP contribution in [0.15, 0.2) is 54.6 Å². The van der Waals surface area contributed by atoms with E-state index in [0.717, 1.165) is 21.8 Å². The molecule has 4 aromatic rings. The van der Waals surface area contributed by atoms with Crippen molar-refractivity contribution in [1.29, 1.82) is 0 Å². The second-order valence-corrected chi connectivity index (χ2v) is 6.03. The SMILES string of the molecule is O=C(NNC(=O)c1cc2cc(Cl)ccc2[nH]1)c1cc2ccccc2[nH]1. The highest BCUT2D eigenvalue weighted by atomic mass is 35.5. The van der Waals surface area contributed by atoms with Gasteiger partial charge in [-0.2, -0.15) is 0 Å². The molecule has 0 saturated heterocycles. The van der Waals surface area contributed by atoms with E-state index in [0.29, 0.717) is 16.4 Å². The van der Waals surface area contributed by atoms with Gasteiger partial charge in [0.25, 0.3) is 11.8 Å². The molecule has 0 bridgehead atoms. The van der Waals surface area contributed by atoms with Gasteiger partial charge in [0.15, 0.2) is 0 Å². The largest absolute Gasteiger partial charge is 0.350 e. The van der Waals surface area contributed by atoms with E-state index in [-0.39, 0.29) is 0 Å². The molecule has 0 aliphatic heterocycles. The Kier molecular flexibility index (Phi) is 3.66. The van der Waals surface area contributed by atoms with E-state index in [1.807, 2.05) is 24.3 Å². The summed E-state index contributed by atoms with van der Waals surface area (Å²) in [6, 6.07) is 16.2. The second-order valence-electron chi connectivity index (χ2n) is 5.59. The highest BCUT2D eigenvalue weighted by molar-refractivity contribution is 6.31. The van der Waals surface area contributed by atoms with Crippen LogP contribution in [-0.2, 0) is 0 Å². The number of amides is 2. The number of nitrogens with one attached hydrogen (secondary N) is 4. The Morgan fingerprint density at radius 1 is 0.760 bits per heavy atom. The van der Waals surface area contributed by atoms with E-state index >= 15 is 0 Å². The number of hydrazine groups is 1. The summed E-state index contributed by atoms with van der Waals surface area (Å²) in [4.78, 5) is 30.4. The first-order valence-corrected chi connectivity index (χ1v) is 7.95. The summed E-state index contributed by atoms with van der Waals surface area (Å²) in [6.07, 6.45) is 0. The number of fused-ring (bicyclic) bond motifs is 2. The topological polar surface area (TPSA) is 89.8 Å². The lowest BCUT2D eigenvalue weighted by molar-refractivity contribution is 0.0842. The molecular weight excluding hydrogens is 340 g/mol. The molecule has 4 N–H and O–H groups in total. The third kappa shape index (κ3) is 2.95. The maximum atomic E-state index is 12.2. The lowest BCUT2D eigenvalue weighted by Gasteiger charge is -2.04. The van der Waals surface area contributed by atoms with Gasteiger partial charge in [-0.1, -0.05) is 29.8 Å². The summed E-state index contributed by atoms with van der Waals surface area (Å²) >= 11 is 5.94. The molecule has 7 heteroatoms. The van der Waals surface area contributed by atoms with Gasteiger partial charge in [0.2, 0.25) is 0 Å². The molecule has 2 aromatic carbocycles. The lowest BCUT2D eigenvalue weighted by atomic mass is 10.2. The third-order valence-corrected chi connectivity index (χ3v) is 4.13. The van der Waals surface area contributed by atoms with Gasteiger partial charge in [-0.05, 0) is 36.4 Å². The maximum Gasteiger partial charge on any atom is 0.286 e. The number of para-hydroxylation sites is 1. The van der Waals surface area contributed by atoms with Crippen molar-refractivity contribution in [2.75, 3.05) is 0 Å². The molecule has 124 valence electrons. The van der Waals surface area contributed by atoms with Gasteiger partial charge in [-0.3, -0.25) is 20.4 Å². The Morgan fingerprint density at radius 2 is 1.36 bits per heavy atom. The first-order chi connectivity index (χ1) is 12.1. The highest BCUT2D eigenvalue weighted by Crippen LogP contribution is 2.20. The van der Waals surface area contributed by atoms with Crippen molar-refractivity contribution in [3.05, 3.63) is 71.0 Å². The monoisotopic (exact) mass is 352 g/mol. The molecule has 2 heterocycles. The summed E-state index contributed by atoms with van der Waals surface area (Å²) in [5.74, 6) is -0.875. The molecule has 0 aliphatic rings. The minimum atomic E-state index is -0.447. The second kappa shape index (κ2) is 5.99. The van der Waals surface area contributed by atoms with Crippen LogP contribution in [0.1, 0.15) is 21.0 Å². The highest BCUT2D eigenvalue weighted by Gasteiger charge is 2.13. The van der Waals surface area contributed by atoms with Crippen molar-refractivity contribution in [3.63, 3.8) is 0 Å². The predicted octanol–water partition coefficient (Wildman–Crippen LogP) is 3.38. The fourth-order valence-corrected chi connectivity index (χ4v) is 2.85. The van der Waals surface area contributed by atoms with Crippen molar-refractivity contribution < 1.29 is 9.59 Å². The van der Waals surface area contributed by atoms with Crippen LogP contribution in [0.2, 0.25) is 5.02 Å². The van der Waals surface area contributed by atoms with E-state index in [9.17, 15) is 9.59 Å². The smallest absolute Gasteiger partial charge is 0.286 e. The van der Waals surface area contributed by atoms with Crippen molar-refractivity contribution >= 4 is 45.2 Å². The van der Waals surface area contributed by atoms with Gasteiger partial charge >= 0.3 is 0 Å². The number of hydrogen-bond acceptors (Lipinski definition) is 2. The van der Waals surface area contributed by atoms with Crippen molar-refractivity contribution in [3.8, 4) is 0 Å². The first kappa shape index (κ1) is 15.3. The van der Waals surface area contributed by atoms with Crippen molar-refractivity contribution in [2.45, 2.75) is 0 Å². The molecule has 0 spiro atoms. The molecule has 6 nitrogen and oxygen atoms in total. The molecular formula is C18H13ClN4O2. The van der Waals surface area contributed by atoms with E-state index in [1.54, 1.807) is 30.3 Å². The summed E-state index contributed by atoms with van der Waals surface area (Å²) in [5.41, 5.74) is 7.13. The Bertz CT molecular complexity index is 1080. The van der Waals surface area contributed by atoms with E-state index in [1.165, 1.54) is 0 Å². The molecule has 4 rings (SSSR count). The maximum absolute atomic E-state index is 12.2. The van der Waals surface area contributed by atoms with Crippen LogP contribution in [0.4, 0.5) is 0 Å². The number of carbonyl (C=O) groups excluding carboxylic acids is 2. The van der Waals surface area contributed by atoms with Gasteiger partial charge in [0, 0.05) is 26.8 Å². The Morgan fingerprint density at radius 3 is 2.04 bits per heavy atom. The quantitative estimate of drug-likeness (QED) is 0.417. The van der Waals surface area contributed by atoms with Crippen LogP contribution in [0.5, 0.6) is 0 Å². The fraction of sp³-hybridized carbons (Fsp3) is 0. The van der Waals surface area contributed by atoms with Gasteiger partial charge in [0.05, 0.1) is 0 Å². The average Bonchev–Trinajstić information content (AvgIpc) is 3.22. The van der Waals surface area contributed by atoms with Gasteiger partial charge in [-0.25, -0.2) is 0 Å². The molecule has 0 fully saturated rings. The van der Waals surface area contributed by atoms with Crippen LogP contribution in [0.25, 0.3) is 21.8 Å². The van der Waals surface area contributed by atoms with Crippen LogP contribution in [-0.4, -0.2) is 21.8 Å². The molecule has 0 atom stereocenters. The van der Waals surface area contributed by atoms with Gasteiger partial charge in [-0.15, -0.1) is 0 Å². The van der Waals surface area contributed by atoms with Crippen molar-refractivity contribution in [2.24, 2.45) is 0 Å². The summed E-state index contributed by atoms with van der Waals surface area (Å²) < 4.78 is 0. The third-order valence-electron chi connectivity index (χ3n) is 3.89. The number of carbonyl (C=O) groups is 2.